The summed E-state index contributed by atoms with van der Waals surface area (Å²) in [5.74, 6) is -1.74. The van der Waals surface area contributed by atoms with Crippen LogP contribution in [0.5, 0.6) is 0 Å². The largest absolute Gasteiger partial charge is 0.466 e. The van der Waals surface area contributed by atoms with Gasteiger partial charge in [0.05, 0.1) is 18.6 Å². The van der Waals surface area contributed by atoms with Crippen molar-refractivity contribution in [1.29, 1.82) is 0 Å². The summed E-state index contributed by atoms with van der Waals surface area (Å²) in [4.78, 5) is 30.6. The molecule has 8 heteroatoms. The standard InChI is InChI=1S/C25H45N3O5/c1-7-31-22(29)20-10-12-21(13-11-20)32-25(27-14-8-9-15-27,23(30)33-24(4,5)6)28-16-18(2)26-19(3)17-28/h18-21,26H,7-17H2,1-6H3/t18-,19-,20?,21?,25?/m0/s1. The van der Waals surface area contributed by atoms with Crippen molar-refractivity contribution in [3.8, 4) is 0 Å². The topological polar surface area (TPSA) is 80.3 Å². The number of piperazine rings is 1. The van der Waals surface area contributed by atoms with Crippen molar-refractivity contribution >= 4 is 11.9 Å². The Morgan fingerprint density at radius 1 is 0.939 bits per heavy atom. The van der Waals surface area contributed by atoms with Crippen LogP contribution in [0.3, 0.4) is 0 Å². The molecule has 1 aliphatic carbocycles. The van der Waals surface area contributed by atoms with Gasteiger partial charge in [-0.1, -0.05) is 0 Å². The normalized spacial score (nSPS) is 31.7. The lowest BCUT2D eigenvalue weighted by Crippen LogP contribution is -2.73. The van der Waals surface area contributed by atoms with Crippen LogP contribution in [0.15, 0.2) is 0 Å². The van der Waals surface area contributed by atoms with E-state index in [1.165, 1.54) is 0 Å². The summed E-state index contributed by atoms with van der Waals surface area (Å²) in [6.07, 6.45) is 4.90. The molecule has 2 aliphatic heterocycles. The summed E-state index contributed by atoms with van der Waals surface area (Å²) >= 11 is 0. The van der Waals surface area contributed by atoms with Crippen LogP contribution in [-0.4, -0.2) is 84.2 Å². The Balaban J connectivity index is 1.88. The minimum atomic E-state index is -1.24. The fourth-order valence-electron chi connectivity index (χ4n) is 5.50. The Hall–Kier alpha value is -1.22. The quantitative estimate of drug-likeness (QED) is 0.573. The Labute approximate surface area is 199 Å². The van der Waals surface area contributed by atoms with E-state index in [0.717, 1.165) is 51.6 Å². The molecule has 1 unspecified atom stereocenters. The summed E-state index contributed by atoms with van der Waals surface area (Å²) in [6, 6.07) is 0.475. The van der Waals surface area contributed by atoms with Crippen LogP contribution in [0.25, 0.3) is 0 Å². The molecule has 190 valence electrons. The molecule has 2 saturated heterocycles. The van der Waals surface area contributed by atoms with E-state index in [1.54, 1.807) is 0 Å². The predicted molar refractivity (Wildman–Crippen MR) is 126 cm³/mol. The Morgan fingerprint density at radius 3 is 2.03 bits per heavy atom. The molecule has 0 spiro atoms. The third-order valence-corrected chi connectivity index (χ3v) is 6.81. The maximum atomic E-state index is 14.0. The number of esters is 2. The molecular weight excluding hydrogens is 422 g/mol. The van der Waals surface area contributed by atoms with Gasteiger partial charge in [-0.05, 0) is 80.1 Å². The number of carbonyl (C=O) groups excluding carboxylic acids is 2. The van der Waals surface area contributed by atoms with Gasteiger partial charge < -0.3 is 19.5 Å². The number of hydrogen-bond acceptors (Lipinski definition) is 8. The molecule has 8 nitrogen and oxygen atoms in total. The van der Waals surface area contributed by atoms with Crippen molar-refractivity contribution in [2.24, 2.45) is 5.92 Å². The Kier molecular flexibility index (Phi) is 8.81. The van der Waals surface area contributed by atoms with Gasteiger partial charge in [0.25, 0.3) is 5.85 Å². The number of likely N-dealkylation sites (tertiary alicyclic amines) is 1. The van der Waals surface area contributed by atoms with E-state index in [1.807, 2.05) is 27.7 Å². The molecule has 0 amide bonds. The minimum Gasteiger partial charge on any atom is -0.466 e. The molecule has 33 heavy (non-hydrogen) atoms. The van der Waals surface area contributed by atoms with Gasteiger partial charge in [-0.2, -0.15) is 0 Å². The first kappa shape index (κ1) is 26.4. The monoisotopic (exact) mass is 467 g/mol. The molecule has 3 fully saturated rings. The van der Waals surface area contributed by atoms with Crippen molar-refractivity contribution in [3.05, 3.63) is 0 Å². The van der Waals surface area contributed by atoms with Crippen LogP contribution >= 0.6 is 0 Å². The first-order chi connectivity index (χ1) is 15.5. The van der Waals surface area contributed by atoms with Gasteiger partial charge in [0, 0.05) is 38.3 Å². The summed E-state index contributed by atoms with van der Waals surface area (Å²) in [5.41, 5.74) is -0.613. The minimum absolute atomic E-state index is 0.0771. The van der Waals surface area contributed by atoms with Gasteiger partial charge in [0.2, 0.25) is 0 Å². The summed E-state index contributed by atoms with van der Waals surface area (Å²) < 4.78 is 18.2. The van der Waals surface area contributed by atoms with Gasteiger partial charge in [0.1, 0.15) is 5.60 Å². The second kappa shape index (κ2) is 11.0. The third kappa shape index (κ3) is 6.47. The average molecular weight is 468 g/mol. The van der Waals surface area contributed by atoms with E-state index in [2.05, 4.69) is 29.0 Å². The molecule has 0 aromatic heterocycles. The predicted octanol–water partition coefficient (Wildman–Crippen LogP) is 2.90. The second-order valence-electron chi connectivity index (χ2n) is 11.0. The van der Waals surface area contributed by atoms with Crippen LogP contribution in [0.2, 0.25) is 0 Å². The van der Waals surface area contributed by atoms with E-state index >= 15 is 0 Å². The molecule has 0 radical (unpaired) electrons. The molecule has 3 aliphatic rings. The van der Waals surface area contributed by atoms with Crippen molar-refractivity contribution in [1.82, 2.24) is 15.1 Å². The summed E-state index contributed by atoms with van der Waals surface area (Å²) in [7, 11) is 0. The van der Waals surface area contributed by atoms with E-state index in [4.69, 9.17) is 14.2 Å². The molecule has 3 atom stereocenters. The summed E-state index contributed by atoms with van der Waals surface area (Å²) in [6.45, 7) is 15.3. The number of ether oxygens (including phenoxy) is 3. The molecule has 0 aromatic rings. The molecule has 0 aromatic carbocycles. The number of nitrogens with zero attached hydrogens (tertiary/aromatic N) is 2. The number of hydrogen-bond donors (Lipinski definition) is 1. The van der Waals surface area contributed by atoms with E-state index in [-0.39, 0.29) is 36.0 Å². The van der Waals surface area contributed by atoms with E-state index in [9.17, 15) is 9.59 Å². The van der Waals surface area contributed by atoms with Gasteiger partial charge in [0.15, 0.2) is 0 Å². The van der Waals surface area contributed by atoms with Gasteiger partial charge in [-0.15, -0.1) is 0 Å². The molecule has 0 bridgehead atoms. The highest BCUT2D eigenvalue weighted by molar-refractivity contribution is 5.79. The van der Waals surface area contributed by atoms with Crippen LogP contribution in [0, 0.1) is 5.92 Å². The van der Waals surface area contributed by atoms with Crippen molar-refractivity contribution in [2.45, 2.75) is 110 Å². The molecule has 2 heterocycles. The first-order valence-corrected chi connectivity index (χ1v) is 12.9. The SMILES string of the molecule is CCOC(=O)C1CCC(OC(C(=O)OC(C)(C)C)(N2CCCC2)N2C[C@H](C)N[C@@H](C)C2)CC1. The van der Waals surface area contributed by atoms with E-state index in [0.29, 0.717) is 19.7 Å². The highest BCUT2D eigenvalue weighted by Gasteiger charge is 2.56. The lowest BCUT2D eigenvalue weighted by Gasteiger charge is -2.52. The highest BCUT2D eigenvalue weighted by atomic mass is 16.6. The zero-order valence-corrected chi connectivity index (χ0v) is 21.5. The maximum absolute atomic E-state index is 14.0. The fourth-order valence-corrected chi connectivity index (χ4v) is 5.50. The number of rotatable bonds is 7. The molecular formula is C25H45N3O5. The Bertz CT molecular complexity index is 657. The maximum Gasteiger partial charge on any atom is 0.371 e. The second-order valence-corrected chi connectivity index (χ2v) is 11.0. The molecule has 1 N–H and O–H groups in total. The Morgan fingerprint density at radius 2 is 1.52 bits per heavy atom. The van der Waals surface area contributed by atoms with Gasteiger partial charge >= 0.3 is 11.9 Å². The molecule has 3 rings (SSSR count). The van der Waals surface area contributed by atoms with Gasteiger partial charge in [-0.25, -0.2) is 9.69 Å². The molecule has 1 saturated carbocycles. The van der Waals surface area contributed by atoms with Crippen LogP contribution in [0.4, 0.5) is 0 Å². The van der Waals surface area contributed by atoms with Crippen LogP contribution in [0.1, 0.15) is 80.1 Å². The van der Waals surface area contributed by atoms with E-state index < -0.39 is 11.4 Å². The van der Waals surface area contributed by atoms with Crippen LogP contribution < -0.4 is 5.32 Å². The smallest absolute Gasteiger partial charge is 0.371 e. The third-order valence-electron chi connectivity index (χ3n) is 6.81. The lowest BCUT2D eigenvalue weighted by molar-refractivity contribution is -0.281. The van der Waals surface area contributed by atoms with Crippen molar-refractivity contribution < 1.29 is 23.8 Å². The van der Waals surface area contributed by atoms with Crippen LogP contribution in [-0.2, 0) is 23.8 Å². The van der Waals surface area contributed by atoms with Gasteiger partial charge in [-0.3, -0.25) is 9.69 Å². The van der Waals surface area contributed by atoms with Crippen molar-refractivity contribution in [3.63, 3.8) is 0 Å². The highest BCUT2D eigenvalue weighted by Crippen LogP contribution is 2.37. The van der Waals surface area contributed by atoms with Crippen molar-refractivity contribution in [2.75, 3.05) is 32.8 Å². The zero-order valence-electron chi connectivity index (χ0n) is 21.5. The summed E-state index contributed by atoms with van der Waals surface area (Å²) in [5, 5.41) is 3.57. The average Bonchev–Trinajstić information content (AvgIpc) is 3.25. The zero-order chi connectivity index (χ0) is 24.2. The number of carbonyl (C=O) groups is 2. The first-order valence-electron chi connectivity index (χ1n) is 12.9. The number of nitrogens with one attached hydrogen (secondary N) is 1. The fraction of sp³-hybridized carbons (Fsp3) is 0.920. The lowest BCUT2D eigenvalue weighted by atomic mass is 9.87.